The van der Waals surface area contributed by atoms with E-state index in [1.54, 1.807) is 0 Å². The second kappa shape index (κ2) is 38.2. The molecule has 1 heterocycles. The molecule has 10 amide bonds. The first-order valence-corrected chi connectivity index (χ1v) is 24.6. The van der Waals surface area contributed by atoms with E-state index in [1.165, 1.54) is 20.8 Å². The van der Waals surface area contributed by atoms with Crippen LogP contribution in [0.2, 0.25) is 0 Å². The van der Waals surface area contributed by atoms with Crippen molar-refractivity contribution in [1.82, 2.24) is 47.9 Å². The lowest BCUT2D eigenvalue weighted by molar-refractivity contribution is -0.300. The Balaban J connectivity index is 2.61. The SMILES string of the molecule is CC(=O)N[C@H](C(=O)N[C@@H](C)C(=O)N[C@@H](CCC(=O)NCCO[C@H]1O[C@H](CO)[C@@H](O)[C@H](O)[C@@H]1O)C(=O)N[C@@H](C)C(=O)N[C@@H](CO)C(=O)NCCOCCOCC(=O)NCCOCCOCC(=O)N[C@@H](CS)C(N)=O)[C@@H](C)O. The summed E-state index contributed by atoms with van der Waals surface area (Å²) in [6.07, 6.45) is -9.91. The summed E-state index contributed by atoms with van der Waals surface area (Å²) in [6.45, 7) is 2.57. The lowest BCUT2D eigenvalue weighted by atomic mass is 9.99. The number of nitrogens with two attached hydrogens (primary N) is 1. The molecule has 76 heavy (non-hydrogen) atoms. The average Bonchev–Trinajstić information content (AvgIpc) is 3.37. The fraction of sp³-hybridized carbons (Fsp3) is 0.767. The van der Waals surface area contributed by atoms with E-state index in [0.717, 1.165) is 6.92 Å². The number of aliphatic hydroxyl groups excluding tert-OH is 6. The molecular weight excluding hydrogens is 1040 g/mol. The predicted octanol–water partition coefficient (Wildman–Crippen LogP) is -10.2. The second-order valence-electron chi connectivity index (χ2n) is 16.8. The number of rotatable bonds is 39. The minimum absolute atomic E-state index is 0.0140. The van der Waals surface area contributed by atoms with Gasteiger partial charge in [0, 0.05) is 38.7 Å². The Kier molecular flexibility index (Phi) is 34.4. The maximum absolute atomic E-state index is 13.6. The summed E-state index contributed by atoms with van der Waals surface area (Å²) in [6, 6.07) is -8.20. The van der Waals surface area contributed by atoms with Crippen molar-refractivity contribution in [2.45, 2.75) is 114 Å². The van der Waals surface area contributed by atoms with Crippen LogP contribution < -0.4 is 53.6 Å². The first kappa shape index (κ1) is 68.6. The first-order valence-electron chi connectivity index (χ1n) is 24.0. The van der Waals surface area contributed by atoms with Crippen molar-refractivity contribution in [2.24, 2.45) is 5.73 Å². The average molecular weight is 1120 g/mol. The normalized spacial score (nSPS) is 19.9. The molecular formula is C43H76N10O22S. The molecule has 0 aliphatic carbocycles. The highest BCUT2D eigenvalue weighted by Crippen LogP contribution is 2.21. The fourth-order valence-electron chi connectivity index (χ4n) is 6.26. The van der Waals surface area contributed by atoms with Crippen LogP contribution in [0, 0.1) is 0 Å². The van der Waals surface area contributed by atoms with Crippen molar-refractivity contribution < 1.29 is 107 Å². The highest BCUT2D eigenvalue weighted by atomic mass is 32.1. The van der Waals surface area contributed by atoms with Crippen molar-refractivity contribution in [3.63, 3.8) is 0 Å². The van der Waals surface area contributed by atoms with E-state index in [2.05, 4.69) is 60.5 Å². The minimum atomic E-state index is -1.70. The molecule has 0 aromatic carbocycles. The third-order valence-electron chi connectivity index (χ3n) is 10.5. The number of carbonyl (C=O) groups is 10. The lowest BCUT2D eigenvalue weighted by Crippen LogP contribution is -2.59. The van der Waals surface area contributed by atoms with E-state index in [4.69, 9.17) is 34.2 Å². The number of thiol groups is 1. The van der Waals surface area contributed by atoms with Crippen LogP contribution in [0.1, 0.15) is 40.5 Å². The molecule has 0 aromatic rings. The molecule has 32 nitrogen and oxygen atoms in total. The van der Waals surface area contributed by atoms with E-state index in [-0.39, 0.29) is 84.8 Å². The zero-order valence-corrected chi connectivity index (χ0v) is 43.6. The van der Waals surface area contributed by atoms with Crippen molar-refractivity contribution in [2.75, 3.05) is 98.1 Å². The van der Waals surface area contributed by atoms with Gasteiger partial charge < -0.3 is 113 Å². The van der Waals surface area contributed by atoms with Gasteiger partial charge in [-0.2, -0.15) is 12.6 Å². The first-order chi connectivity index (χ1) is 36.0. The topological polar surface area (TPSA) is 482 Å². The summed E-state index contributed by atoms with van der Waals surface area (Å²) in [4.78, 5) is 125. The van der Waals surface area contributed by atoms with Crippen LogP contribution in [0.4, 0.5) is 0 Å². The maximum Gasteiger partial charge on any atom is 0.246 e. The van der Waals surface area contributed by atoms with Crippen molar-refractivity contribution in [3.05, 3.63) is 0 Å². The predicted molar refractivity (Wildman–Crippen MR) is 262 cm³/mol. The molecule has 0 aromatic heterocycles. The molecule has 1 aliphatic rings. The Morgan fingerprint density at radius 1 is 0.579 bits per heavy atom. The number of hydrogen-bond acceptors (Lipinski definition) is 23. The van der Waals surface area contributed by atoms with E-state index in [1.807, 2.05) is 0 Å². The van der Waals surface area contributed by atoms with Gasteiger partial charge in [-0.05, 0) is 27.2 Å². The van der Waals surface area contributed by atoms with Gasteiger partial charge >= 0.3 is 0 Å². The smallest absolute Gasteiger partial charge is 0.246 e. The summed E-state index contributed by atoms with van der Waals surface area (Å²) in [7, 11) is 0. The highest BCUT2D eigenvalue weighted by Gasteiger charge is 2.44. The molecule has 12 atom stereocenters. The molecule has 1 aliphatic heterocycles. The summed E-state index contributed by atoms with van der Waals surface area (Å²) < 4.78 is 31.6. The number of ether oxygens (including phenoxy) is 6. The summed E-state index contributed by atoms with van der Waals surface area (Å²) in [5.74, 6) is -7.67. The van der Waals surface area contributed by atoms with Gasteiger partial charge in [0.05, 0.1) is 65.6 Å². The Labute approximate surface area is 443 Å². The molecule has 1 fully saturated rings. The largest absolute Gasteiger partial charge is 0.394 e. The molecule has 33 heteroatoms. The van der Waals surface area contributed by atoms with E-state index in [0.29, 0.717) is 0 Å². The van der Waals surface area contributed by atoms with Crippen molar-refractivity contribution in [1.29, 1.82) is 0 Å². The van der Waals surface area contributed by atoms with Gasteiger partial charge in [0.2, 0.25) is 59.1 Å². The number of nitrogens with one attached hydrogen (secondary N) is 9. The number of primary amides is 1. The van der Waals surface area contributed by atoms with Gasteiger partial charge in [0.25, 0.3) is 0 Å². The van der Waals surface area contributed by atoms with Gasteiger partial charge in [0.15, 0.2) is 6.29 Å². The van der Waals surface area contributed by atoms with Crippen LogP contribution in [-0.4, -0.2) is 261 Å². The number of hydrogen-bond donors (Lipinski definition) is 17. The molecule has 0 saturated carbocycles. The number of amides is 10. The zero-order chi connectivity index (χ0) is 57.3. The third-order valence-corrected chi connectivity index (χ3v) is 10.8. The highest BCUT2D eigenvalue weighted by molar-refractivity contribution is 7.80. The molecule has 1 saturated heterocycles. The van der Waals surface area contributed by atoms with Gasteiger partial charge in [-0.3, -0.25) is 47.9 Å². The fourth-order valence-corrected chi connectivity index (χ4v) is 6.53. The monoisotopic (exact) mass is 1120 g/mol. The minimum Gasteiger partial charge on any atom is -0.394 e. The summed E-state index contributed by atoms with van der Waals surface area (Å²) >= 11 is 3.92. The lowest BCUT2D eigenvalue weighted by Gasteiger charge is -2.39. The Morgan fingerprint density at radius 2 is 1.11 bits per heavy atom. The molecule has 1 rings (SSSR count). The van der Waals surface area contributed by atoms with Crippen LogP contribution in [0.15, 0.2) is 0 Å². The van der Waals surface area contributed by atoms with Crippen LogP contribution in [0.3, 0.4) is 0 Å². The quantitative estimate of drug-likeness (QED) is 0.0201. The second-order valence-corrected chi connectivity index (χ2v) is 17.2. The molecule has 436 valence electrons. The third kappa shape index (κ3) is 27.6. The summed E-state index contributed by atoms with van der Waals surface area (Å²) in [5.41, 5.74) is 5.13. The summed E-state index contributed by atoms with van der Waals surface area (Å²) in [5, 5.41) is 80.7. The molecule has 0 radical (unpaired) electrons. The van der Waals surface area contributed by atoms with Gasteiger partial charge in [-0.1, -0.05) is 0 Å². The van der Waals surface area contributed by atoms with Gasteiger partial charge in [0.1, 0.15) is 73.9 Å². The Bertz CT molecular complexity index is 1860. The zero-order valence-electron chi connectivity index (χ0n) is 42.7. The van der Waals surface area contributed by atoms with E-state index >= 15 is 0 Å². The molecule has 17 N–H and O–H groups in total. The van der Waals surface area contributed by atoms with Crippen molar-refractivity contribution in [3.8, 4) is 0 Å². The van der Waals surface area contributed by atoms with E-state index < -0.39 is 158 Å². The van der Waals surface area contributed by atoms with Crippen LogP contribution in [-0.2, 0) is 76.4 Å². The Hall–Kier alpha value is -5.43. The van der Waals surface area contributed by atoms with E-state index in [9.17, 15) is 78.6 Å². The Morgan fingerprint density at radius 3 is 1.64 bits per heavy atom. The number of aliphatic hydroxyl groups is 6. The van der Waals surface area contributed by atoms with Crippen LogP contribution >= 0.6 is 12.6 Å². The van der Waals surface area contributed by atoms with Crippen molar-refractivity contribution >= 4 is 71.7 Å². The van der Waals surface area contributed by atoms with Gasteiger partial charge in [-0.15, -0.1) is 0 Å². The maximum atomic E-state index is 13.6. The number of carbonyl (C=O) groups excluding carboxylic acids is 10. The molecule has 0 bridgehead atoms. The standard InChI is InChI=1S/C43H76N10O22S/c1-22(39(66)53-27(17-54)40(67)47-8-11-71-13-15-72-19-31(59)46-7-10-70-14-16-73-20-32(60)51-28(21-76)37(44)64)48-41(68)26(52-38(65)23(2)49-42(69)33(24(3)56)50-25(4)57)5-6-30(58)45-9-12-74-43-36(63)35(62)34(61)29(18-55)75-43/h22-24,26-29,33-36,43,54-56,61-63,76H,5-21H2,1-4H3,(H2,44,64)(H,45,58)(H,46,59)(H,47,67)(H,48,68)(H,49,69)(H,50,57)(H,51,60)(H,52,65)(H,53,66)/t22-,23-,24+,26-,27-,28-,29+,33-,34+,35-,36-,43-/m0/s1. The molecule has 0 spiro atoms. The van der Waals surface area contributed by atoms with Gasteiger partial charge in [-0.25, -0.2) is 0 Å². The molecule has 0 unspecified atom stereocenters. The van der Waals surface area contributed by atoms with Crippen LogP contribution in [0.25, 0.3) is 0 Å². The van der Waals surface area contributed by atoms with Crippen LogP contribution in [0.5, 0.6) is 0 Å².